The van der Waals surface area contributed by atoms with Gasteiger partial charge in [-0.3, -0.25) is 14.9 Å². The van der Waals surface area contributed by atoms with Crippen LogP contribution in [0.4, 0.5) is 14.9 Å². The zero-order valence-electron chi connectivity index (χ0n) is 14.2. The number of nitrogens with one attached hydrogen (secondary N) is 1. The number of amides is 4. The van der Waals surface area contributed by atoms with E-state index in [9.17, 15) is 23.9 Å². The molecule has 0 spiro atoms. The van der Waals surface area contributed by atoms with E-state index in [0.29, 0.717) is 12.2 Å². The Morgan fingerprint density at radius 2 is 1.85 bits per heavy atom. The van der Waals surface area contributed by atoms with Gasteiger partial charge < -0.3 is 9.84 Å². The quantitative estimate of drug-likeness (QED) is 0.637. The van der Waals surface area contributed by atoms with Crippen molar-refractivity contribution in [3.63, 3.8) is 0 Å². The van der Waals surface area contributed by atoms with Crippen LogP contribution in [0, 0.1) is 5.82 Å². The number of aromatic hydroxyl groups is 1. The van der Waals surface area contributed by atoms with E-state index in [1.165, 1.54) is 36.4 Å². The van der Waals surface area contributed by atoms with E-state index in [1.807, 2.05) is 0 Å². The maximum Gasteiger partial charge on any atom is 0.335 e. The van der Waals surface area contributed by atoms with Crippen LogP contribution < -0.4 is 15.0 Å². The largest absolute Gasteiger partial charge is 0.504 e. The van der Waals surface area contributed by atoms with E-state index in [-0.39, 0.29) is 22.8 Å². The summed E-state index contributed by atoms with van der Waals surface area (Å²) in [7, 11) is 0. The van der Waals surface area contributed by atoms with Gasteiger partial charge in [-0.2, -0.15) is 0 Å². The summed E-state index contributed by atoms with van der Waals surface area (Å²) in [6, 6.07) is 8.12. The van der Waals surface area contributed by atoms with Crippen molar-refractivity contribution in [3.8, 4) is 11.5 Å². The lowest BCUT2D eigenvalue weighted by molar-refractivity contribution is -0.122. The SMILES string of the molecule is CCOc1cc(/C=C2\C(=O)NC(=O)N(c3ccc(F)cc3)C2=O)ccc1O. The van der Waals surface area contributed by atoms with Crippen molar-refractivity contribution in [2.75, 3.05) is 11.5 Å². The molecule has 1 fully saturated rings. The van der Waals surface area contributed by atoms with Crippen molar-refractivity contribution < 1.29 is 28.6 Å². The summed E-state index contributed by atoms with van der Waals surface area (Å²) in [6.45, 7) is 2.06. The maximum absolute atomic E-state index is 13.1. The Hall–Kier alpha value is -3.68. The van der Waals surface area contributed by atoms with Crippen LogP contribution in [-0.2, 0) is 9.59 Å². The Morgan fingerprint density at radius 3 is 2.52 bits per heavy atom. The van der Waals surface area contributed by atoms with Crippen molar-refractivity contribution >= 4 is 29.6 Å². The third-order valence-electron chi connectivity index (χ3n) is 3.78. The van der Waals surface area contributed by atoms with Crippen LogP contribution in [0.15, 0.2) is 48.0 Å². The van der Waals surface area contributed by atoms with Gasteiger partial charge in [0.05, 0.1) is 12.3 Å². The molecule has 1 heterocycles. The summed E-state index contributed by atoms with van der Waals surface area (Å²) in [5, 5.41) is 11.8. The van der Waals surface area contributed by atoms with Gasteiger partial charge in [0, 0.05) is 0 Å². The van der Waals surface area contributed by atoms with Crippen molar-refractivity contribution in [2.24, 2.45) is 0 Å². The van der Waals surface area contributed by atoms with Crippen LogP contribution in [-0.4, -0.2) is 29.6 Å². The highest BCUT2D eigenvalue weighted by atomic mass is 19.1. The van der Waals surface area contributed by atoms with Gasteiger partial charge in [0.25, 0.3) is 11.8 Å². The molecule has 3 rings (SSSR count). The summed E-state index contributed by atoms with van der Waals surface area (Å²) in [6.07, 6.45) is 1.28. The van der Waals surface area contributed by atoms with Crippen molar-refractivity contribution in [1.82, 2.24) is 5.32 Å². The first kappa shape index (κ1) is 18.1. The molecule has 1 saturated heterocycles. The molecule has 2 N–H and O–H groups in total. The molecule has 1 aliphatic heterocycles. The second kappa shape index (κ2) is 7.28. The topological polar surface area (TPSA) is 95.9 Å². The van der Waals surface area contributed by atoms with E-state index in [4.69, 9.17) is 4.74 Å². The molecule has 0 bridgehead atoms. The van der Waals surface area contributed by atoms with Crippen LogP contribution in [0.2, 0.25) is 0 Å². The molecule has 4 amide bonds. The molecule has 0 radical (unpaired) electrons. The minimum absolute atomic E-state index is 0.0819. The molecule has 2 aromatic rings. The number of carbonyl (C=O) groups excluding carboxylic acids is 3. The summed E-state index contributed by atoms with van der Waals surface area (Å²) >= 11 is 0. The Labute approximate surface area is 153 Å². The van der Waals surface area contributed by atoms with Gasteiger partial charge in [-0.25, -0.2) is 14.1 Å². The number of hydrogen-bond donors (Lipinski definition) is 2. The molecule has 27 heavy (non-hydrogen) atoms. The standard InChI is InChI=1S/C19H15FN2O5/c1-2-27-16-10-11(3-8-15(16)23)9-14-17(24)21-19(26)22(18(14)25)13-6-4-12(20)5-7-13/h3-10,23H,2H2,1H3,(H,21,24,26)/b14-9+. The minimum atomic E-state index is -0.922. The fraction of sp³-hybridized carbons (Fsp3) is 0.105. The van der Waals surface area contributed by atoms with Gasteiger partial charge in [0.2, 0.25) is 0 Å². The summed E-state index contributed by atoms with van der Waals surface area (Å²) < 4.78 is 18.4. The average Bonchev–Trinajstić information content (AvgIpc) is 2.63. The van der Waals surface area contributed by atoms with E-state index < -0.39 is 23.7 Å². The lowest BCUT2D eigenvalue weighted by Gasteiger charge is -2.26. The Morgan fingerprint density at radius 1 is 1.15 bits per heavy atom. The van der Waals surface area contributed by atoms with Crippen molar-refractivity contribution in [2.45, 2.75) is 6.92 Å². The highest BCUT2D eigenvalue weighted by molar-refractivity contribution is 6.39. The highest BCUT2D eigenvalue weighted by Crippen LogP contribution is 2.29. The fourth-order valence-electron chi connectivity index (χ4n) is 2.54. The normalized spacial score (nSPS) is 15.9. The predicted molar refractivity (Wildman–Crippen MR) is 94.7 cm³/mol. The second-order valence-electron chi connectivity index (χ2n) is 5.59. The number of phenolic OH excluding ortho intramolecular Hbond substituents is 1. The summed E-state index contributed by atoms with van der Waals surface area (Å²) in [5.74, 6) is -2.11. The van der Waals surface area contributed by atoms with E-state index in [2.05, 4.69) is 5.32 Å². The number of benzene rings is 2. The van der Waals surface area contributed by atoms with Gasteiger partial charge >= 0.3 is 6.03 Å². The lowest BCUT2D eigenvalue weighted by atomic mass is 10.1. The smallest absolute Gasteiger partial charge is 0.335 e. The number of anilines is 1. The van der Waals surface area contributed by atoms with E-state index in [1.54, 1.807) is 6.92 Å². The molecule has 138 valence electrons. The lowest BCUT2D eigenvalue weighted by Crippen LogP contribution is -2.54. The number of nitrogens with zero attached hydrogens (tertiary/aromatic N) is 1. The first-order valence-electron chi connectivity index (χ1n) is 8.03. The zero-order chi connectivity index (χ0) is 19.6. The fourth-order valence-corrected chi connectivity index (χ4v) is 2.54. The van der Waals surface area contributed by atoms with Crippen molar-refractivity contribution in [3.05, 3.63) is 59.4 Å². The predicted octanol–water partition coefficient (Wildman–Crippen LogP) is 2.60. The number of phenols is 1. The molecule has 0 saturated carbocycles. The zero-order valence-corrected chi connectivity index (χ0v) is 14.2. The van der Waals surface area contributed by atoms with E-state index in [0.717, 1.165) is 17.0 Å². The molecule has 0 aliphatic carbocycles. The maximum atomic E-state index is 13.1. The van der Waals surface area contributed by atoms with Crippen LogP contribution in [0.25, 0.3) is 6.08 Å². The third-order valence-corrected chi connectivity index (χ3v) is 3.78. The Kier molecular flexibility index (Phi) is 4.89. The van der Waals surface area contributed by atoms with Crippen LogP contribution in [0.1, 0.15) is 12.5 Å². The van der Waals surface area contributed by atoms with Gasteiger partial charge in [0.1, 0.15) is 11.4 Å². The molecule has 1 aliphatic rings. The highest BCUT2D eigenvalue weighted by Gasteiger charge is 2.36. The molecular formula is C19H15FN2O5. The number of urea groups is 1. The molecule has 7 nitrogen and oxygen atoms in total. The molecule has 2 aromatic carbocycles. The third kappa shape index (κ3) is 3.64. The van der Waals surface area contributed by atoms with Crippen LogP contribution in [0.5, 0.6) is 11.5 Å². The first-order valence-corrected chi connectivity index (χ1v) is 8.03. The average molecular weight is 370 g/mol. The van der Waals surface area contributed by atoms with Gasteiger partial charge in [-0.05, 0) is 55.0 Å². The molecule has 8 heteroatoms. The second-order valence-corrected chi connectivity index (χ2v) is 5.59. The number of barbiturate groups is 1. The number of hydrogen-bond acceptors (Lipinski definition) is 5. The molecule has 0 unspecified atom stereocenters. The molecule has 0 aromatic heterocycles. The van der Waals surface area contributed by atoms with Gasteiger partial charge in [-0.1, -0.05) is 6.07 Å². The number of ether oxygens (including phenoxy) is 1. The van der Waals surface area contributed by atoms with Gasteiger partial charge in [-0.15, -0.1) is 0 Å². The molecule has 0 atom stereocenters. The first-order chi connectivity index (χ1) is 12.9. The Bertz CT molecular complexity index is 953. The summed E-state index contributed by atoms with van der Waals surface area (Å²) in [4.78, 5) is 37.7. The number of halogens is 1. The number of carbonyl (C=O) groups is 3. The number of imide groups is 2. The van der Waals surface area contributed by atoms with Gasteiger partial charge in [0.15, 0.2) is 11.5 Å². The van der Waals surface area contributed by atoms with E-state index >= 15 is 0 Å². The minimum Gasteiger partial charge on any atom is -0.504 e. The van der Waals surface area contributed by atoms with Crippen LogP contribution in [0.3, 0.4) is 0 Å². The molecular weight excluding hydrogens is 355 g/mol. The Balaban J connectivity index is 1.99. The monoisotopic (exact) mass is 370 g/mol. The summed E-state index contributed by atoms with van der Waals surface area (Å²) in [5.41, 5.74) is 0.258. The van der Waals surface area contributed by atoms with Crippen LogP contribution >= 0.6 is 0 Å². The van der Waals surface area contributed by atoms with Crippen molar-refractivity contribution in [1.29, 1.82) is 0 Å². The number of rotatable bonds is 4.